The van der Waals surface area contributed by atoms with Crippen molar-refractivity contribution >= 4 is 23.6 Å². The largest absolute Gasteiger partial charge is 0.396 e. The lowest BCUT2D eigenvalue weighted by atomic mass is 9.90. The highest BCUT2D eigenvalue weighted by molar-refractivity contribution is 7.99. The molecule has 0 unspecified atom stereocenters. The summed E-state index contributed by atoms with van der Waals surface area (Å²) in [6.07, 6.45) is 0.800. The lowest BCUT2D eigenvalue weighted by molar-refractivity contribution is -0.124. The van der Waals surface area contributed by atoms with E-state index < -0.39 is 5.41 Å². The molecule has 5 nitrogen and oxygen atoms in total. The van der Waals surface area contributed by atoms with Gasteiger partial charge in [-0.15, -0.1) is 0 Å². The number of amides is 2. The molecule has 112 valence electrons. The van der Waals surface area contributed by atoms with Crippen molar-refractivity contribution in [1.82, 2.24) is 10.6 Å². The van der Waals surface area contributed by atoms with E-state index in [1.807, 2.05) is 13.8 Å². The molecule has 0 atom stereocenters. The third-order valence-corrected chi connectivity index (χ3v) is 3.42. The van der Waals surface area contributed by atoms with Gasteiger partial charge in [0.2, 0.25) is 11.8 Å². The number of nitrogens with one attached hydrogen (secondary N) is 2. The van der Waals surface area contributed by atoms with Crippen LogP contribution in [0.15, 0.2) is 0 Å². The number of carbonyl (C=O) groups excluding carboxylic acids is 2. The second-order valence-electron chi connectivity index (χ2n) is 5.15. The van der Waals surface area contributed by atoms with Crippen molar-refractivity contribution in [3.05, 3.63) is 0 Å². The molecule has 0 saturated carbocycles. The SMILES string of the molecule is CCSCCC(=O)NCCNC(=O)CC(C)(C)CO. The van der Waals surface area contributed by atoms with Crippen molar-refractivity contribution in [3.63, 3.8) is 0 Å². The van der Waals surface area contributed by atoms with E-state index in [1.165, 1.54) is 0 Å². The summed E-state index contributed by atoms with van der Waals surface area (Å²) in [7, 11) is 0. The van der Waals surface area contributed by atoms with Gasteiger partial charge in [0.25, 0.3) is 0 Å². The Morgan fingerprint density at radius 3 is 2.26 bits per heavy atom. The van der Waals surface area contributed by atoms with Crippen molar-refractivity contribution in [2.75, 3.05) is 31.2 Å². The van der Waals surface area contributed by atoms with Crippen LogP contribution in [0.1, 0.15) is 33.6 Å². The van der Waals surface area contributed by atoms with E-state index in [9.17, 15) is 9.59 Å². The summed E-state index contributed by atoms with van der Waals surface area (Å²) >= 11 is 1.74. The molecule has 0 spiro atoms. The molecule has 2 amide bonds. The van der Waals surface area contributed by atoms with Crippen LogP contribution < -0.4 is 10.6 Å². The molecule has 6 heteroatoms. The number of aliphatic hydroxyl groups is 1. The summed E-state index contributed by atoms with van der Waals surface area (Å²) in [5.74, 6) is 1.77. The summed E-state index contributed by atoms with van der Waals surface area (Å²) in [5, 5.41) is 14.5. The maximum atomic E-state index is 11.5. The fraction of sp³-hybridized carbons (Fsp3) is 0.846. The topological polar surface area (TPSA) is 78.4 Å². The van der Waals surface area contributed by atoms with Crippen LogP contribution in [-0.4, -0.2) is 48.1 Å². The van der Waals surface area contributed by atoms with Crippen molar-refractivity contribution in [3.8, 4) is 0 Å². The molecule has 19 heavy (non-hydrogen) atoms. The minimum atomic E-state index is -0.398. The predicted molar refractivity (Wildman–Crippen MR) is 79.1 cm³/mol. The van der Waals surface area contributed by atoms with Gasteiger partial charge in [-0.2, -0.15) is 11.8 Å². The van der Waals surface area contributed by atoms with Gasteiger partial charge >= 0.3 is 0 Å². The van der Waals surface area contributed by atoms with Crippen molar-refractivity contribution in [1.29, 1.82) is 0 Å². The summed E-state index contributed by atoms with van der Waals surface area (Å²) in [6.45, 7) is 6.58. The monoisotopic (exact) mass is 290 g/mol. The van der Waals surface area contributed by atoms with E-state index in [4.69, 9.17) is 5.11 Å². The van der Waals surface area contributed by atoms with Crippen LogP contribution >= 0.6 is 11.8 Å². The quantitative estimate of drug-likeness (QED) is 0.519. The second-order valence-corrected chi connectivity index (χ2v) is 6.54. The predicted octanol–water partition coefficient (Wildman–Crippen LogP) is 0.771. The van der Waals surface area contributed by atoms with E-state index in [-0.39, 0.29) is 24.8 Å². The van der Waals surface area contributed by atoms with Gasteiger partial charge in [0.05, 0.1) is 0 Å². The van der Waals surface area contributed by atoms with Crippen LogP contribution in [0.5, 0.6) is 0 Å². The fourth-order valence-electron chi connectivity index (χ4n) is 1.35. The minimum Gasteiger partial charge on any atom is -0.396 e. The van der Waals surface area contributed by atoms with E-state index in [0.717, 1.165) is 11.5 Å². The number of hydrogen-bond donors (Lipinski definition) is 3. The summed E-state index contributed by atoms with van der Waals surface area (Å²) < 4.78 is 0. The molecule has 0 aliphatic carbocycles. The Hall–Kier alpha value is -0.750. The van der Waals surface area contributed by atoms with Crippen LogP contribution in [0.25, 0.3) is 0 Å². The Labute approximate surface area is 119 Å². The Kier molecular flexibility index (Phi) is 9.69. The van der Waals surface area contributed by atoms with Gasteiger partial charge in [-0.25, -0.2) is 0 Å². The van der Waals surface area contributed by atoms with Gasteiger partial charge in [0.1, 0.15) is 0 Å². The summed E-state index contributed by atoms with van der Waals surface area (Å²) in [6, 6.07) is 0. The molecule has 0 rings (SSSR count). The number of thioether (sulfide) groups is 1. The lowest BCUT2D eigenvalue weighted by Gasteiger charge is -2.20. The second kappa shape index (κ2) is 10.1. The van der Waals surface area contributed by atoms with Crippen LogP contribution in [0.3, 0.4) is 0 Å². The molecule has 3 N–H and O–H groups in total. The van der Waals surface area contributed by atoms with E-state index >= 15 is 0 Å². The molecule has 0 bridgehead atoms. The molecule has 0 radical (unpaired) electrons. The first kappa shape index (κ1) is 18.2. The van der Waals surface area contributed by atoms with E-state index in [2.05, 4.69) is 17.6 Å². The average molecular weight is 290 g/mol. The van der Waals surface area contributed by atoms with E-state index in [1.54, 1.807) is 11.8 Å². The van der Waals surface area contributed by atoms with E-state index in [0.29, 0.717) is 19.5 Å². The first-order valence-corrected chi connectivity index (χ1v) is 7.78. The zero-order chi connectivity index (χ0) is 14.7. The highest BCUT2D eigenvalue weighted by Gasteiger charge is 2.20. The number of rotatable bonds is 10. The molecule has 0 aromatic rings. The molecule has 0 aliphatic rings. The third-order valence-electron chi connectivity index (χ3n) is 2.51. The van der Waals surface area contributed by atoms with Crippen molar-refractivity contribution < 1.29 is 14.7 Å². The Morgan fingerprint density at radius 1 is 1.16 bits per heavy atom. The number of carbonyl (C=O) groups is 2. The standard InChI is InChI=1S/C13H26N2O3S/c1-4-19-8-5-11(17)14-6-7-15-12(18)9-13(2,3)10-16/h16H,4-10H2,1-3H3,(H,14,17)(H,15,18). The van der Waals surface area contributed by atoms with Gasteiger partial charge in [-0.05, 0) is 11.2 Å². The van der Waals surface area contributed by atoms with Gasteiger partial charge in [0, 0.05) is 38.3 Å². The van der Waals surface area contributed by atoms with Crippen molar-refractivity contribution in [2.24, 2.45) is 5.41 Å². The molecule has 0 heterocycles. The highest BCUT2D eigenvalue weighted by Crippen LogP contribution is 2.18. The minimum absolute atomic E-state index is 0.0193. The Bertz CT molecular complexity index is 283. The molecular weight excluding hydrogens is 264 g/mol. The van der Waals surface area contributed by atoms with Crippen LogP contribution in [-0.2, 0) is 9.59 Å². The van der Waals surface area contributed by atoms with Gasteiger partial charge in [-0.1, -0.05) is 20.8 Å². The van der Waals surface area contributed by atoms with Gasteiger partial charge in [-0.3, -0.25) is 9.59 Å². The maximum absolute atomic E-state index is 11.5. The number of hydrogen-bond acceptors (Lipinski definition) is 4. The smallest absolute Gasteiger partial charge is 0.220 e. The fourth-order valence-corrected chi connectivity index (χ4v) is 1.97. The summed E-state index contributed by atoms with van der Waals surface area (Å²) in [4.78, 5) is 22.9. The third kappa shape index (κ3) is 10.8. The summed E-state index contributed by atoms with van der Waals surface area (Å²) in [5.41, 5.74) is -0.398. The lowest BCUT2D eigenvalue weighted by Crippen LogP contribution is -2.37. The number of aliphatic hydroxyl groups excluding tert-OH is 1. The van der Waals surface area contributed by atoms with Crippen molar-refractivity contribution in [2.45, 2.75) is 33.6 Å². The zero-order valence-electron chi connectivity index (χ0n) is 12.1. The van der Waals surface area contributed by atoms with Gasteiger partial charge < -0.3 is 15.7 Å². The molecule has 0 aliphatic heterocycles. The average Bonchev–Trinajstić information content (AvgIpc) is 2.34. The van der Waals surface area contributed by atoms with Crippen LogP contribution in [0.4, 0.5) is 0 Å². The normalized spacial score (nSPS) is 11.2. The first-order chi connectivity index (χ1) is 8.91. The van der Waals surface area contributed by atoms with Gasteiger partial charge in [0.15, 0.2) is 0 Å². The molecule has 0 aromatic carbocycles. The van der Waals surface area contributed by atoms with Crippen LogP contribution in [0, 0.1) is 5.41 Å². The molecule has 0 aromatic heterocycles. The molecule has 0 fully saturated rings. The molecular formula is C13H26N2O3S. The maximum Gasteiger partial charge on any atom is 0.220 e. The zero-order valence-corrected chi connectivity index (χ0v) is 12.9. The molecule has 0 saturated heterocycles. The highest BCUT2D eigenvalue weighted by atomic mass is 32.2. The first-order valence-electron chi connectivity index (χ1n) is 6.63. The van der Waals surface area contributed by atoms with Crippen LogP contribution in [0.2, 0.25) is 0 Å². The Morgan fingerprint density at radius 2 is 1.74 bits per heavy atom. The Balaban J connectivity index is 3.58.